The highest BCUT2D eigenvalue weighted by molar-refractivity contribution is 5.86. The van der Waals surface area contributed by atoms with Crippen LogP contribution in [-0.2, 0) is 4.79 Å². The number of piperazine rings is 1. The van der Waals surface area contributed by atoms with Crippen molar-refractivity contribution < 1.29 is 4.79 Å². The summed E-state index contributed by atoms with van der Waals surface area (Å²) in [7, 11) is 0. The van der Waals surface area contributed by atoms with E-state index in [1.165, 1.54) is 0 Å². The molecule has 2 fully saturated rings. The van der Waals surface area contributed by atoms with E-state index in [0.717, 1.165) is 45.3 Å². The Hall–Kier alpha value is -0.610. The zero-order valence-corrected chi connectivity index (χ0v) is 9.46. The minimum atomic E-state index is -0.545. The predicted octanol–water partition coefficient (Wildman–Crippen LogP) is 0.0782. The van der Waals surface area contributed by atoms with E-state index in [0.29, 0.717) is 6.04 Å². The second-order valence-electron chi connectivity index (χ2n) is 4.97. The van der Waals surface area contributed by atoms with E-state index in [4.69, 9.17) is 5.73 Å². The van der Waals surface area contributed by atoms with Gasteiger partial charge in [-0.15, -0.1) is 0 Å². The molecule has 0 spiro atoms. The van der Waals surface area contributed by atoms with E-state index < -0.39 is 5.54 Å². The van der Waals surface area contributed by atoms with Crippen molar-refractivity contribution >= 4 is 5.91 Å². The second-order valence-corrected chi connectivity index (χ2v) is 4.97. The van der Waals surface area contributed by atoms with Crippen molar-refractivity contribution in [3.63, 3.8) is 0 Å². The summed E-state index contributed by atoms with van der Waals surface area (Å²) in [4.78, 5) is 14.2. The molecule has 2 rings (SSSR count). The van der Waals surface area contributed by atoms with Gasteiger partial charge in [0.25, 0.3) is 0 Å². The fraction of sp³-hybridized carbons (Fsp3) is 0.909. The van der Waals surface area contributed by atoms with Crippen molar-refractivity contribution in [2.75, 3.05) is 19.6 Å². The molecule has 4 nitrogen and oxygen atoms in total. The van der Waals surface area contributed by atoms with Crippen LogP contribution in [0.25, 0.3) is 0 Å². The summed E-state index contributed by atoms with van der Waals surface area (Å²) in [6, 6.07) is 0.396. The number of hydrogen-bond donors (Lipinski definition) is 2. The Labute approximate surface area is 91.2 Å². The van der Waals surface area contributed by atoms with Gasteiger partial charge >= 0.3 is 0 Å². The second kappa shape index (κ2) is 4.10. The molecule has 4 heteroatoms. The molecule has 86 valence electrons. The quantitative estimate of drug-likeness (QED) is 0.645. The smallest absolute Gasteiger partial charge is 0.242 e. The van der Waals surface area contributed by atoms with Crippen molar-refractivity contribution in [1.29, 1.82) is 0 Å². The first-order valence-corrected chi connectivity index (χ1v) is 5.93. The van der Waals surface area contributed by atoms with Crippen molar-refractivity contribution in [3.8, 4) is 0 Å². The fourth-order valence-corrected chi connectivity index (χ4v) is 2.65. The van der Waals surface area contributed by atoms with E-state index in [2.05, 4.69) is 12.2 Å². The van der Waals surface area contributed by atoms with Crippen LogP contribution in [0.4, 0.5) is 0 Å². The van der Waals surface area contributed by atoms with Gasteiger partial charge in [-0.3, -0.25) is 4.79 Å². The number of carbonyl (C=O) groups is 1. The number of hydrogen-bond acceptors (Lipinski definition) is 3. The van der Waals surface area contributed by atoms with Crippen molar-refractivity contribution in [2.45, 2.75) is 44.2 Å². The molecule has 0 bridgehead atoms. The van der Waals surface area contributed by atoms with Gasteiger partial charge in [0.1, 0.15) is 0 Å². The topological polar surface area (TPSA) is 58.4 Å². The first-order chi connectivity index (χ1) is 7.12. The predicted molar refractivity (Wildman–Crippen MR) is 59.4 cm³/mol. The molecule has 1 aliphatic carbocycles. The summed E-state index contributed by atoms with van der Waals surface area (Å²) in [5, 5.41) is 3.34. The van der Waals surface area contributed by atoms with Gasteiger partial charge in [0, 0.05) is 25.7 Å². The zero-order chi connectivity index (χ0) is 10.9. The molecule has 1 saturated carbocycles. The number of carbonyl (C=O) groups excluding carboxylic acids is 1. The van der Waals surface area contributed by atoms with Gasteiger partial charge in [-0.1, -0.05) is 12.8 Å². The monoisotopic (exact) mass is 211 g/mol. The number of rotatable bonds is 1. The number of amides is 1. The molecular weight excluding hydrogens is 190 g/mol. The van der Waals surface area contributed by atoms with Crippen LogP contribution in [0.5, 0.6) is 0 Å². The molecule has 0 aromatic rings. The number of nitrogens with zero attached hydrogens (tertiary/aromatic N) is 1. The molecule has 1 amide bonds. The largest absolute Gasteiger partial charge is 0.338 e. The summed E-state index contributed by atoms with van der Waals surface area (Å²) in [6.45, 7) is 4.61. The zero-order valence-electron chi connectivity index (χ0n) is 9.46. The third kappa shape index (κ3) is 2.16. The summed E-state index contributed by atoms with van der Waals surface area (Å²) in [5.74, 6) is 0.174. The lowest BCUT2D eigenvalue weighted by molar-refractivity contribution is -0.138. The van der Waals surface area contributed by atoms with E-state index in [1.54, 1.807) is 0 Å². The van der Waals surface area contributed by atoms with Gasteiger partial charge in [-0.05, 0) is 19.8 Å². The van der Waals surface area contributed by atoms with Crippen LogP contribution in [0.3, 0.4) is 0 Å². The molecule has 1 heterocycles. The molecule has 3 N–H and O–H groups in total. The molecule has 0 aromatic heterocycles. The lowest BCUT2D eigenvalue weighted by atomic mass is 9.96. The van der Waals surface area contributed by atoms with E-state index >= 15 is 0 Å². The molecule has 1 aliphatic heterocycles. The van der Waals surface area contributed by atoms with Gasteiger partial charge in [0.2, 0.25) is 5.91 Å². The molecule has 0 aromatic carbocycles. The van der Waals surface area contributed by atoms with E-state index in [-0.39, 0.29) is 5.91 Å². The van der Waals surface area contributed by atoms with Gasteiger partial charge in [0.15, 0.2) is 0 Å². The maximum absolute atomic E-state index is 12.2. The average molecular weight is 211 g/mol. The highest BCUT2D eigenvalue weighted by Crippen LogP contribution is 2.29. The van der Waals surface area contributed by atoms with Crippen LogP contribution in [0.2, 0.25) is 0 Å². The maximum atomic E-state index is 12.2. The minimum absolute atomic E-state index is 0.174. The summed E-state index contributed by atoms with van der Waals surface area (Å²) in [6.07, 6.45) is 3.93. The molecule has 15 heavy (non-hydrogen) atoms. The molecule has 1 atom stereocenters. The first-order valence-electron chi connectivity index (χ1n) is 5.93. The number of nitrogens with one attached hydrogen (secondary N) is 1. The highest BCUT2D eigenvalue weighted by Gasteiger charge is 2.40. The molecule has 0 radical (unpaired) electrons. The van der Waals surface area contributed by atoms with Gasteiger partial charge in [0.05, 0.1) is 5.54 Å². The van der Waals surface area contributed by atoms with E-state index in [9.17, 15) is 4.79 Å². The summed E-state index contributed by atoms with van der Waals surface area (Å²) >= 11 is 0. The molecule has 2 aliphatic rings. The standard InChI is InChI=1S/C11H21N3O/c1-9-8-14(7-6-13-9)10(15)11(12)4-2-3-5-11/h9,13H,2-8,12H2,1H3/t9-/m1/s1. The minimum Gasteiger partial charge on any atom is -0.338 e. The Kier molecular flexibility index (Phi) is 2.98. The van der Waals surface area contributed by atoms with Gasteiger partial charge in [-0.2, -0.15) is 0 Å². The Balaban J connectivity index is 2.00. The normalized spacial score (nSPS) is 30.5. The molecule has 0 unspecified atom stereocenters. The number of nitrogens with two attached hydrogens (primary N) is 1. The van der Waals surface area contributed by atoms with Crippen LogP contribution in [0, 0.1) is 0 Å². The SMILES string of the molecule is C[C@@H]1CN(C(=O)C2(N)CCCC2)CCN1. The van der Waals surface area contributed by atoms with Crippen molar-refractivity contribution in [3.05, 3.63) is 0 Å². The fourth-order valence-electron chi connectivity index (χ4n) is 2.65. The lowest BCUT2D eigenvalue weighted by Crippen LogP contribution is -2.59. The van der Waals surface area contributed by atoms with Crippen LogP contribution < -0.4 is 11.1 Å². The lowest BCUT2D eigenvalue weighted by Gasteiger charge is -2.36. The highest BCUT2D eigenvalue weighted by atomic mass is 16.2. The summed E-state index contributed by atoms with van der Waals surface area (Å²) in [5.41, 5.74) is 5.62. The average Bonchev–Trinajstić information content (AvgIpc) is 2.65. The van der Waals surface area contributed by atoms with Crippen LogP contribution in [0.1, 0.15) is 32.6 Å². The maximum Gasteiger partial charge on any atom is 0.242 e. The molecular formula is C11H21N3O. The van der Waals surface area contributed by atoms with Crippen molar-refractivity contribution in [1.82, 2.24) is 10.2 Å². The van der Waals surface area contributed by atoms with E-state index in [1.807, 2.05) is 4.90 Å². The summed E-state index contributed by atoms with van der Waals surface area (Å²) < 4.78 is 0. The van der Waals surface area contributed by atoms with Crippen LogP contribution in [-0.4, -0.2) is 42.0 Å². The Bertz CT molecular complexity index is 248. The van der Waals surface area contributed by atoms with Crippen molar-refractivity contribution in [2.24, 2.45) is 5.73 Å². The third-order valence-electron chi connectivity index (χ3n) is 3.58. The Morgan fingerprint density at radius 1 is 1.47 bits per heavy atom. The first kappa shape index (κ1) is 10.9. The Morgan fingerprint density at radius 2 is 2.13 bits per heavy atom. The van der Waals surface area contributed by atoms with Gasteiger partial charge < -0.3 is 16.0 Å². The van der Waals surface area contributed by atoms with Crippen LogP contribution in [0.15, 0.2) is 0 Å². The Morgan fingerprint density at radius 3 is 2.73 bits per heavy atom. The third-order valence-corrected chi connectivity index (χ3v) is 3.58. The van der Waals surface area contributed by atoms with Crippen LogP contribution >= 0.6 is 0 Å². The van der Waals surface area contributed by atoms with Gasteiger partial charge in [-0.25, -0.2) is 0 Å². The molecule has 1 saturated heterocycles.